The highest BCUT2D eigenvalue weighted by molar-refractivity contribution is 6.33. The van der Waals surface area contributed by atoms with Gasteiger partial charge in [-0.05, 0) is 12.1 Å². The molecule has 2 heterocycles. The molecule has 0 aliphatic carbocycles. The molecule has 1 aliphatic heterocycles. The number of piperazine rings is 1. The van der Waals surface area contributed by atoms with Gasteiger partial charge in [0, 0.05) is 33.1 Å². The minimum Gasteiger partial charge on any atom is -0.340 e. The molecule has 116 valence electrons. The van der Waals surface area contributed by atoms with Gasteiger partial charge in [-0.15, -0.1) is 0 Å². The Morgan fingerprint density at radius 3 is 2.68 bits per heavy atom. The molecular weight excluding hydrogens is 304 g/mol. The predicted octanol–water partition coefficient (Wildman–Crippen LogP) is 2.05. The molecule has 1 aromatic heterocycles. The molecule has 1 aliphatic rings. The molecule has 0 bridgehead atoms. The average Bonchev–Trinajstić information content (AvgIpc) is 2.96. The van der Waals surface area contributed by atoms with E-state index >= 15 is 0 Å². The average molecular weight is 321 g/mol. The van der Waals surface area contributed by atoms with Crippen LogP contribution in [0.4, 0.5) is 0 Å². The van der Waals surface area contributed by atoms with E-state index in [-0.39, 0.29) is 5.91 Å². The topological polar surface area (TPSA) is 62.5 Å². The van der Waals surface area contributed by atoms with Crippen LogP contribution in [0.15, 0.2) is 28.8 Å². The molecule has 1 fully saturated rings. The second-order valence-corrected chi connectivity index (χ2v) is 5.69. The van der Waals surface area contributed by atoms with Gasteiger partial charge >= 0.3 is 0 Å². The lowest BCUT2D eigenvalue weighted by Gasteiger charge is -2.33. The Balaban J connectivity index is 1.63. The van der Waals surface area contributed by atoms with Crippen molar-refractivity contribution >= 4 is 17.5 Å². The first-order chi connectivity index (χ1) is 10.6. The van der Waals surface area contributed by atoms with Gasteiger partial charge in [-0.25, -0.2) is 0 Å². The monoisotopic (exact) mass is 320 g/mol. The van der Waals surface area contributed by atoms with Crippen LogP contribution in [0.1, 0.15) is 12.7 Å². The number of aromatic nitrogens is 2. The van der Waals surface area contributed by atoms with Crippen LogP contribution < -0.4 is 0 Å². The van der Waals surface area contributed by atoms with Gasteiger partial charge in [0.25, 0.3) is 5.89 Å². The van der Waals surface area contributed by atoms with Gasteiger partial charge in [0.15, 0.2) is 5.82 Å². The van der Waals surface area contributed by atoms with Crippen molar-refractivity contribution in [3.63, 3.8) is 0 Å². The predicted molar refractivity (Wildman–Crippen MR) is 82.3 cm³/mol. The number of benzene rings is 1. The highest BCUT2D eigenvalue weighted by Gasteiger charge is 2.20. The van der Waals surface area contributed by atoms with Gasteiger partial charge in [-0.2, -0.15) is 4.98 Å². The van der Waals surface area contributed by atoms with Crippen LogP contribution in [-0.2, 0) is 11.3 Å². The van der Waals surface area contributed by atoms with Crippen LogP contribution in [0, 0.1) is 0 Å². The molecule has 1 aromatic carbocycles. The molecule has 0 unspecified atom stereocenters. The van der Waals surface area contributed by atoms with Gasteiger partial charge in [0.2, 0.25) is 5.91 Å². The summed E-state index contributed by atoms with van der Waals surface area (Å²) in [6.45, 7) is 5.32. The van der Waals surface area contributed by atoms with Crippen LogP contribution in [0.2, 0.25) is 5.02 Å². The van der Waals surface area contributed by atoms with Crippen LogP contribution in [-0.4, -0.2) is 52.0 Å². The fraction of sp³-hybridized carbons (Fsp3) is 0.400. The van der Waals surface area contributed by atoms with Gasteiger partial charge in [0.05, 0.1) is 17.1 Å². The first-order valence-corrected chi connectivity index (χ1v) is 7.56. The summed E-state index contributed by atoms with van der Waals surface area (Å²) in [4.78, 5) is 19.8. The molecule has 22 heavy (non-hydrogen) atoms. The van der Waals surface area contributed by atoms with E-state index in [0.717, 1.165) is 31.7 Å². The third-order valence-corrected chi connectivity index (χ3v) is 4.08. The number of hydrogen-bond acceptors (Lipinski definition) is 5. The van der Waals surface area contributed by atoms with Crippen molar-refractivity contribution in [1.29, 1.82) is 0 Å². The largest absolute Gasteiger partial charge is 0.340 e. The lowest BCUT2D eigenvalue weighted by molar-refractivity contribution is -0.130. The van der Waals surface area contributed by atoms with Gasteiger partial charge in [0.1, 0.15) is 0 Å². The Morgan fingerprint density at radius 1 is 1.27 bits per heavy atom. The third-order valence-electron chi connectivity index (χ3n) is 3.75. The number of amides is 1. The maximum absolute atomic E-state index is 11.3. The van der Waals surface area contributed by atoms with Gasteiger partial charge in [-0.3, -0.25) is 9.69 Å². The molecule has 1 amide bonds. The Bertz CT molecular complexity index is 665. The SMILES string of the molecule is CC(=O)N1CCN(Cc2noc(-c3ccccc3Cl)n2)CC1. The van der Waals surface area contributed by atoms with Crippen LogP contribution in [0.25, 0.3) is 11.5 Å². The lowest BCUT2D eigenvalue weighted by atomic mass is 10.2. The molecule has 6 nitrogen and oxygen atoms in total. The zero-order chi connectivity index (χ0) is 15.5. The van der Waals surface area contributed by atoms with Crippen LogP contribution >= 0.6 is 11.6 Å². The summed E-state index contributed by atoms with van der Waals surface area (Å²) in [6.07, 6.45) is 0. The normalized spacial score (nSPS) is 16.0. The molecule has 3 rings (SSSR count). The number of rotatable bonds is 3. The number of hydrogen-bond donors (Lipinski definition) is 0. The smallest absolute Gasteiger partial charge is 0.259 e. The zero-order valence-corrected chi connectivity index (χ0v) is 13.1. The number of nitrogens with zero attached hydrogens (tertiary/aromatic N) is 4. The summed E-state index contributed by atoms with van der Waals surface area (Å²) in [5, 5.41) is 4.61. The Labute approximate surface area is 133 Å². The summed E-state index contributed by atoms with van der Waals surface area (Å²) >= 11 is 6.13. The third kappa shape index (κ3) is 3.28. The molecule has 0 atom stereocenters. The minimum atomic E-state index is 0.125. The van der Waals surface area contributed by atoms with E-state index in [4.69, 9.17) is 16.1 Å². The van der Waals surface area contributed by atoms with Crippen molar-refractivity contribution < 1.29 is 9.32 Å². The van der Waals surface area contributed by atoms with E-state index in [1.54, 1.807) is 13.0 Å². The van der Waals surface area contributed by atoms with Crippen molar-refractivity contribution in [3.05, 3.63) is 35.1 Å². The highest BCUT2D eigenvalue weighted by atomic mass is 35.5. The summed E-state index contributed by atoms with van der Waals surface area (Å²) < 4.78 is 5.30. The summed E-state index contributed by atoms with van der Waals surface area (Å²) in [5.74, 6) is 1.19. The van der Waals surface area contributed by atoms with Gasteiger partial charge < -0.3 is 9.42 Å². The fourth-order valence-corrected chi connectivity index (χ4v) is 2.70. The van der Waals surface area contributed by atoms with E-state index in [1.807, 2.05) is 23.1 Å². The Kier molecular flexibility index (Phi) is 4.40. The summed E-state index contributed by atoms with van der Waals surface area (Å²) in [7, 11) is 0. The van der Waals surface area contributed by atoms with Crippen LogP contribution in [0.5, 0.6) is 0 Å². The number of halogens is 1. The van der Waals surface area contributed by atoms with Crippen molar-refractivity contribution in [2.75, 3.05) is 26.2 Å². The molecule has 0 N–H and O–H groups in total. The Morgan fingerprint density at radius 2 is 2.00 bits per heavy atom. The Hall–Kier alpha value is -1.92. The van der Waals surface area contributed by atoms with Crippen molar-refractivity contribution in [2.24, 2.45) is 0 Å². The summed E-state index contributed by atoms with van der Waals surface area (Å²) in [5.41, 5.74) is 0.740. The maximum atomic E-state index is 11.3. The molecule has 0 radical (unpaired) electrons. The standard InChI is InChI=1S/C15H17ClN4O2/c1-11(21)20-8-6-19(7-9-20)10-14-17-15(22-18-14)12-4-2-3-5-13(12)16/h2-5H,6-10H2,1H3. The molecule has 0 spiro atoms. The van der Waals surface area contributed by atoms with E-state index in [2.05, 4.69) is 15.0 Å². The lowest BCUT2D eigenvalue weighted by Crippen LogP contribution is -2.47. The second kappa shape index (κ2) is 6.46. The molecule has 1 saturated heterocycles. The van der Waals surface area contributed by atoms with Crippen LogP contribution in [0.3, 0.4) is 0 Å². The zero-order valence-electron chi connectivity index (χ0n) is 12.3. The second-order valence-electron chi connectivity index (χ2n) is 5.28. The summed E-state index contributed by atoms with van der Waals surface area (Å²) in [6, 6.07) is 7.39. The first-order valence-electron chi connectivity index (χ1n) is 7.19. The van der Waals surface area contributed by atoms with E-state index in [1.165, 1.54) is 0 Å². The highest BCUT2D eigenvalue weighted by Crippen LogP contribution is 2.26. The van der Waals surface area contributed by atoms with E-state index in [0.29, 0.717) is 23.3 Å². The van der Waals surface area contributed by atoms with E-state index in [9.17, 15) is 4.79 Å². The molecule has 0 saturated carbocycles. The maximum Gasteiger partial charge on any atom is 0.259 e. The number of carbonyl (C=O) groups is 1. The molecular formula is C15H17ClN4O2. The van der Waals surface area contributed by atoms with Crippen molar-refractivity contribution in [3.8, 4) is 11.5 Å². The van der Waals surface area contributed by atoms with E-state index < -0.39 is 0 Å². The quantitative estimate of drug-likeness (QED) is 0.866. The van der Waals surface area contributed by atoms with Gasteiger partial charge in [-0.1, -0.05) is 28.9 Å². The number of carbonyl (C=O) groups excluding carboxylic acids is 1. The fourth-order valence-electron chi connectivity index (χ4n) is 2.48. The van der Waals surface area contributed by atoms with Crippen molar-refractivity contribution in [2.45, 2.75) is 13.5 Å². The van der Waals surface area contributed by atoms with Crippen molar-refractivity contribution in [1.82, 2.24) is 19.9 Å². The minimum absolute atomic E-state index is 0.125. The molecule has 2 aromatic rings. The molecule has 7 heteroatoms. The first kappa shape index (κ1) is 15.0.